The molecule has 0 saturated carbocycles. The number of esters is 1. The number of hydrogen-bond donors (Lipinski definition) is 0. The maximum Gasteiger partial charge on any atom is 0.343 e. The Bertz CT molecular complexity index is 1030. The second kappa shape index (κ2) is 10.8. The van der Waals surface area contributed by atoms with Crippen molar-refractivity contribution in [3.8, 4) is 28.6 Å². The van der Waals surface area contributed by atoms with Crippen molar-refractivity contribution < 1.29 is 19.0 Å². The number of hydrogen-bond acceptors (Lipinski definition) is 6. The quantitative estimate of drug-likeness (QED) is 0.222. The molecule has 0 N–H and O–H groups in total. The van der Waals surface area contributed by atoms with Gasteiger partial charge in [0.15, 0.2) is 17.3 Å². The van der Waals surface area contributed by atoms with Crippen molar-refractivity contribution in [2.45, 2.75) is 51.9 Å². The molecular weight excluding hydrogens is 404 g/mol. The van der Waals surface area contributed by atoms with Gasteiger partial charge in [0.1, 0.15) is 5.75 Å². The van der Waals surface area contributed by atoms with Crippen molar-refractivity contribution in [3.05, 3.63) is 66.0 Å². The van der Waals surface area contributed by atoms with Gasteiger partial charge in [-0.3, -0.25) is 0 Å². The smallest absolute Gasteiger partial charge is 0.343 e. The molecule has 0 unspecified atom stereocenters. The molecule has 0 fully saturated rings. The van der Waals surface area contributed by atoms with Gasteiger partial charge in [-0.2, -0.15) is 0 Å². The standard InChI is InChI=1S/C26H28N2O4/c1-2-3-4-5-6-7-8-19-16-27-25(28-17-19)20-9-12-22(13-10-20)32-26(29)21-11-14-23-24(15-21)31-18-30-23/h9-17H,2-8,18H2,1H3. The summed E-state index contributed by atoms with van der Waals surface area (Å²) in [6.07, 6.45) is 12.5. The Kier molecular flexibility index (Phi) is 7.33. The monoisotopic (exact) mass is 432 g/mol. The topological polar surface area (TPSA) is 70.5 Å². The summed E-state index contributed by atoms with van der Waals surface area (Å²) in [6.45, 7) is 2.40. The van der Waals surface area contributed by atoms with Crippen LogP contribution < -0.4 is 14.2 Å². The number of carbonyl (C=O) groups is 1. The van der Waals surface area contributed by atoms with E-state index < -0.39 is 5.97 Å². The molecule has 32 heavy (non-hydrogen) atoms. The fourth-order valence-electron chi connectivity index (χ4n) is 3.60. The first-order valence-electron chi connectivity index (χ1n) is 11.3. The maximum atomic E-state index is 12.4. The van der Waals surface area contributed by atoms with Gasteiger partial charge < -0.3 is 14.2 Å². The van der Waals surface area contributed by atoms with Gasteiger partial charge in [-0.1, -0.05) is 39.0 Å². The molecular formula is C26H28N2O4. The number of unbranched alkanes of at least 4 members (excludes halogenated alkanes) is 5. The van der Waals surface area contributed by atoms with E-state index in [4.69, 9.17) is 14.2 Å². The average molecular weight is 433 g/mol. The van der Waals surface area contributed by atoms with Crippen LogP contribution in [0.25, 0.3) is 11.4 Å². The molecule has 3 aromatic rings. The Morgan fingerprint density at radius 3 is 2.41 bits per heavy atom. The lowest BCUT2D eigenvalue weighted by Crippen LogP contribution is -2.08. The zero-order chi connectivity index (χ0) is 22.2. The first-order valence-corrected chi connectivity index (χ1v) is 11.3. The second-order valence-electron chi connectivity index (χ2n) is 7.91. The Hall–Kier alpha value is -3.41. The summed E-state index contributed by atoms with van der Waals surface area (Å²) in [5, 5.41) is 0. The number of rotatable bonds is 10. The van der Waals surface area contributed by atoms with Crippen molar-refractivity contribution in [3.63, 3.8) is 0 Å². The fourth-order valence-corrected chi connectivity index (χ4v) is 3.60. The fraction of sp³-hybridized carbons (Fsp3) is 0.346. The van der Waals surface area contributed by atoms with Crippen LogP contribution >= 0.6 is 0 Å². The van der Waals surface area contributed by atoms with Gasteiger partial charge in [0.05, 0.1) is 5.56 Å². The van der Waals surface area contributed by atoms with Crippen LogP contribution in [0.5, 0.6) is 17.2 Å². The van der Waals surface area contributed by atoms with E-state index in [-0.39, 0.29) is 6.79 Å². The largest absolute Gasteiger partial charge is 0.454 e. The number of carbonyl (C=O) groups excluding carboxylic acids is 1. The minimum atomic E-state index is -0.452. The van der Waals surface area contributed by atoms with Crippen LogP contribution in [0.4, 0.5) is 0 Å². The number of benzene rings is 2. The molecule has 2 aromatic carbocycles. The highest BCUT2D eigenvalue weighted by Crippen LogP contribution is 2.32. The molecule has 6 nitrogen and oxygen atoms in total. The molecule has 0 amide bonds. The summed E-state index contributed by atoms with van der Waals surface area (Å²) in [7, 11) is 0. The van der Waals surface area contributed by atoms with Crippen LogP contribution in [0.2, 0.25) is 0 Å². The summed E-state index contributed by atoms with van der Waals surface area (Å²) in [4.78, 5) is 21.4. The van der Waals surface area contributed by atoms with Crippen molar-refractivity contribution in [2.75, 3.05) is 6.79 Å². The van der Waals surface area contributed by atoms with Gasteiger partial charge in [0.25, 0.3) is 0 Å². The first kappa shape index (κ1) is 21.8. The Morgan fingerprint density at radius 2 is 1.62 bits per heavy atom. The van der Waals surface area contributed by atoms with E-state index >= 15 is 0 Å². The Morgan fingerprint density at radius 1 is 0.906 bits per heavy atom. The lowest BCUT2D eigenvalue weighted by molar-refractivity contribution is 0.0734. The molecule has 0 aliphatic carbocycles. The van der Waals surface area contributed by atoms with Gasteiger partial charge in [-0.15, -0.1) is 0 Å². The third-order valence-corrected chi connectivity index (χ3v) is 5.46. The summed E-state index contributed by atoms with van der Waals surface area (Å²) in [5.41, 5.74) is 2.44. The van der Waals surface area contributed by atoms with Crippen LogP contribution in [0.3, 0.4) is 0 Å². The van der Waals surface area contributed by atoms with Gasteiger partial charge in [0, 0.05) is 18.0 Å². The molecule has 2 heterocycles. The SMILES string of the molecule is CCCCCCCCc1cnc(-c2ccc(OC(=O)c3ccc4c(c3)OCO4)cc2)nc1. The molecule has 0 atom stereocenters. The van der Waals surface area contributed by atoms with E-state index in [1.54, 1.807) is 30.3 Å². The predicted octanol–water partition coefficient (Wildman–Crippen LogP) is 5.99. The third-order valence-electron chi connectivity index (χ3n) is 5.46. The van der Waals surface area contributed by atoms with Gasteiger partial charge in [0.2, 0.25) is 6.79 Å². The maximum absolute atomic E-state index is 12.4. The van der Waals surface area contributed by atoms with E-state index in [1.807, 2.05) is 24.5 Å². The molecule has 0 radical (unpaired) electrons. The highest BCUT2D eigenvalue weighted by molar-refractivity contribution is 5.92. The number of fused-ring (bicyclic) bond motifs is 1. The molecule has 6 heteroatoms. The van der Waals surface area contributed by atoms with Crippen LogP contribution in [-0.2, 0) is 6.42 Å². The van der Waals surface area contributed by atoms with Crippen LogP contribution in [0, 0.1) is 0 Å². The summed E-state index contributed by atoms with van der Waals surface area (Å²) < 4.78 is 16.0. The lowest BCUT2D eigenvalue weighted by atomic mass is 10.1. The molecule has 0 spiro atoms. The molecule has 0 saturated heterocycles. The van der Waals surface area contributed by atoms with Crippen LogP contribution in [0.15, 0.2) is 54.9 Å². The number of ether oxygens (including phenoxy) is 3. The molecule has 1 aliphatic rings. The number of aromatic nitrogens is 2. The summed E-state index contributed by atoms with van der Waals surface area (Å²) >= 11 is 0. The first-order chi connectivity index (χ1) is 15.7. The summed E-state index contributed by atoms with van der Waals surface area (Å²) in [6, 6.07) is 12.2. The van der Waals surface area contributed by atoms with Crippen LogP contribution in [-0.4, -0.2) is 22.7 Å². The van der Waals surface area contributed by atoms with E-state index in [1.165, 1.54) is 44.1 Å². The Labute approximate surface area is 188 Å². The van der Waals surface area contributed by atoms with Gasteiger partial charge in [-0.05, 0) is 60.9 Å². The predicted molar refractivity (Wildman–Crippen MR) is 122 cm³/mol. The zero-order valence-electron chi connectivity index (χ0n) is 18.4. The zero-order valence-corrected chi connectivity index (χ0v) is 18.4. The third kappa shape index (κ3) is 5.63. The molecule has 166 valence electrons. The lowest BCUT2D eigenvalue weighted by Gasteiger charge is -2.07. The highest BCUT2D eigenvalue weighted by atomic mass is 16.7. The number of aryl methyl sites for hydroxylation is 1. The highest BCUT2D eigenvalue weighted by Gasteiger charge is 2.17. The van der Waals surface area contributed by atoms with Crippen molar-refractivity contribution in [1.29, 1.82) is 0 Å². The van der Waals surface area contributed by atoms with Crippen molar-refractivity contribution >= 4 is 5.97 Å². The van der Waals surface area contributed by atoms with E-state index in [0.29, 0.717) is 28.6 Å². The van der Waals surface area contributed by atoms with E-state index in [9.17, 15) is 4.79 Å². The van der Waals surface area contributed by atoms with E-state index in [0.717, 1.165) is 12.0 Å². The normalized spacial score (nSPS) is 12.0. The average Bonchev–Trinajstić information content (AvgIpc) is 3.30. The second-order valence-corrected chi connectivity index (χ2v) is 7.91. The summed E-state index contributed by atoms with van der Waals surface area (Å²) in [5.74, 6) is 1.84. The minimum Gasteiger partial charge on any atom is -0.454 e. The van der Waals surface area contributed by atoms with Gasteiger partial charge in [-0.25, -0.2) is 14.8 Å². The molecule has 4 rings (SSSR count). The van der Waals surface area contributed by atoms with E-state index in [2.05, 4.69) is 16.9 Å². The number of nitrogens with zero attached hydrogens (tertiary/aromatic N) is 2. The molecule has 0 bridgehead atoms. The van der Waals surface area contributed by atoms with Crippen LogP contribution in [0.1, 0.15) is 61.4 Å². The van der Waals surface area contributed by atoms with Crippen molar-refractivity contribution in [2.24, 2.45) is 0 Å². The van der Waals surface area contributed by atoms with Crippen molar-refractivity contribution in [1.82, 2.24) is 9.97 Å². The molecule has 1 aliphatic heterocycles. The molecule has 1 aromatic heterocycles. The Balaban J connectivity index is 1.30. The minimum absolute atomic E-state index is 0.164. The van der Waals surface area contributed by atoms with Gasteiger partial charge >= 0.3 is 5.97 Å².